The molecule has 0 saturated heterocycles. The van der Waals surface area contributed by atoms with Gasteiger partial charge in [-0.05, 0) is 31.2 Å². The highest BCUT2D eigenvalue weighted by molar-refractivity contribution is 6.33. The Labute approximate surface area is 105 Å². The lowest BCUT2D eigenvalue weighted by atomic mass is 10.2. The molecule has 0 aliphatic carbocycles. The van der Waals surface area contributed by atoms with E-state index in [0.717, 1.165) is 5.56 Å². The van der Waals surface area contributed by atoms with Crippen molar-refractivity contribution in [1.29, 1.82) is 0 Å². The molecule has 0 aliphatic heterocycles. The van der Waals surface area contributed by atoms with E-state index in [-0.39, 0.29) is 0 Å². The number of carbonyl (C=O) groups is 1. The first-order valence-electron chi connectivity index (χ1n) is 5.20. The van der Waals surface area contributed by atoms with Crippen LogP contribution < -0.4 is 4.74 Å². The molecular formula is C14H11ClO2. The lowest BCUT2D eigenvalue weighted by Crippen LogP contribution is -2.08. The summed E-state index contributed by atoms with van der Waals surface area (Å²) in [6.07, 6.45) is 0. The van der Waals surface area contributed by atoms with E-state index in [9.17, 15) is 4.79 Å². The lowest BCUT2D eigenvalue weighted by molar-refractivity contribution is 0.0735. The van der Waals surface area contributed by atoms with Crippen molar-refractivity contribution in [3.8, 4) is 5.75 Å². The highest BCUT2D eigenvalue weighted by Gasteiger charge is 2.11. The third-order valence-corrected chi connectivity index (χ3v) is 2.65. The first kappa shape index (κ1) is 11.7. The van der Waals surface area contributed by atoms with Gasteiger partial charge in [-0.15, -0.1) is 0 Å². The van der Waals surface area contributed by atoms with Crippen molar-refractivity contribution in [2.45, 2.75) is 6.92 Å². The molecule has 0 N–H and O–H groups in total. The average Bonchev–Trinajstić information content (AvgIpc) is 2.32. The number of hydrogen-bond donors (Lipinski definition) is 0. The molecule has 2 nitrogen and oxygen atoms in total. The third-order valence-electron chi connectivity index (χ3n) is 2.33. The van der Waals surface area contributed by atoms with Gasteiger partial charge in [0, 0.05) is 0 Å². The Morgan fingerprint density at radius 2 is 1.71 bits per heavy atom. The van der Waals surface area contributed by atoms with Gasteiger partial charge >= 0.3 is 5.97 Å². The minimum Gasteiger partial charge on any atom is -0.423 e. The summed E-state index contributed by atoms with van der Waals surface area (Å²) < 4.78 is 5.21. The van der Waals surface area contributed by atoms with Gasteiger partial charge in [0.2, 0.25) is 0 Å². The minimum atomic E-state index is -0.445. The van der Waals surface area contributed by atoms with E-state index in [4.69, 9.17) is 16.3 Å². The maximum atomic E-state index is 11.8. The first-order chi connectivity index (χ1) is 8.16. The fraction of sp³-hybridized carbons (Fsp3) is 0.0714. The van der Waals surface area contributed by atoms with Crippen molar-refractivity contribution in [2.75, 3.05) is 0 Å². The maximum Gasteiger partial charge on any atom is 0.345 e. The Morgan fingerprint density at radius 1 is 1.06 bits per heavy atom. The quantitative estimate of drug-likeness (QED) is 0.594. The number of halogens is 1. The lowest BCUT2D eigenvalue weighted by Gasteiger charge is -2.05. The molecule has 0 fully saturated rings. The molecule has 3 heteroatoms. The van der Waals surface area contributed by atoms with E-state index in [0.29, 0.717) is 16.3 Å². The monoisotopic (exact) mass is 246 g/mol. The SMILES string of the molecule is Cc1ccc(OC(=O)c2ccccc2Cl)cc1. The second-order valence-corrected chi connectivity index (χ2v) is 4.09. The number of rotatable bonds is 2. The summed E-state index contributed by atoms with van der Waals surface area (Å²) in [5.74, 6) is 0.0694. The zero-order valence-corrected chi connectivity index (χ0v) is 10.1. The van der Waals surface area contributed by atoms with Crippen molar-refractivity contribution < 1.29 is 9.53 Å². The Hall–Kier alpha value is -1.80. The molecule has 0 atom stereocenters. The molecule has 86 valence electrons. The van der Waals surface area contributed by atoms with E-state index in [1.54, 1.807) is 36.4 Å². The van der Waals surface area contributed by atoms with Crippen molar-refractivity contribution >= 4 is 17.6 Å². The van der Waals surface area contributed by atoms with Crippen LogP contribution in [0.4, 0.5) is 0 Å². The number of benzene rings is 2. The fourth-order valence-electron chi connectivity index (χ4n) is 1.40. The van der Waals surface area contributed by atoms with Crippen molar-refractivity contribution in [3.63, 3.8) is 0 Å². The van der Waals surface area contributed by atoms with Crippen LogP contribution in [0.15, 0.2) is 48.5 Å². The van der Waals surface area contributed by atoms with Gasteiger partial charge in [-0.1, -0.05) is 41.4 Å². The summed E-state index contributed by atoms with van der Waals surface area (Å²) in [5.41, 5.74) is 1.48. The summed E-state index contributed by atoms with van der Waals surface area (Å²) in [5, 5.41) is 0.393. The fourth-order valence-corrected chi connectivity index (χ4v) is 1.61. The highest BCUT2D eigenvalue weighted by Crippen LogP contribution is 2.18. The predicted molar refractivity (Wildman–Crippen MR) is 67.6 cm³/mol. The van der Waals surface area contributed by atoms with Crippen LogP contribution in [0, 0.1) is 6.92 Å². The van der Waals surface area contributed by atoms with Crippen molar-refractivity contribution in [3.05, 3.63) is 64.7 Å². The number of hydrogen-bond acceptors (Lipinski definition) is 2. The van der Waals surface area contributed by atoms with Gasteiger partial charge in [0.25, 0.3) is 0 Å². The summed E-state index contributed by atoms with van der Waals surface area (Å²) in [4.78, 5) is 11.8. The Balaban J connectivity index is 2.17. The third kappa shape index (κ3) is 2.86. The van der Waals surface area contributed by atoms with Gasteiger partial charge in [0.05, 0.1) is 10.6 Å². The van der Waals surface area contributed by atoms with Gasteiger partial charge in [-0.25, -0.2) is 4.79 Å². The summed E-state index contributed by atoms with van der Waals surface area (Å²) in [6.45, 7) is 1.97. The number of esters is 1. The predicted octanol–water partition coefficient (Wildman–Crippen LogP) is 3.87. The standard InChI is InChI=1S/C14H11ClO2/c1-10-6-8-11(9-7-10)17-14(16)12-4-2-3-5-13(12)15/h2-9H,1H3. The normalized spacial score (nSPS) is 10.0. The molecule has 2 rings (SSSR count). The average molecular weight is 247 g/mol. The van der Waals surface area contributed by atoms with Crippen LogP contribution in [0.25, 0.3) is 0 Å². The van der Waals surface area contributed by atoms with Crippen LogP contribution >= 0.6 is 11.6 Å². The number of aryl methyl sites for hydroxylation is 1. The van der Waals surface area contributed by atoms with Gasteiger partial charge in [-0.3, -0.25) is 0 Å². The molecule has 17 heavy (non-hydrogen) atoms. The number of ether oxygens (including phenoxy) is 1. The van der Waals surface area contributed by atoms with Gasteiger partial charge in [0.15, 0.2) is 0 Å². The molecule has 0 aromatic heterocycles. The summed E-state index contributed by atoms with van der Waals surface area (Å²) >= 11 is 5.91. The van der Waals surface area contributed by atoms with Crippen LogP contribution in [0.3, 0.4) is 0 Å². The molecule has 0 bridgehead atoms. The Bertz CT molecular complexity index is 532. The van der Waals surface area contributed by atoms with E-state index < -0.39 is 5.97 Å². The Kier molecular flexibility index (Phi) is 3.45. The van der Waals surface area contributed by atoms with E-state index in [1.807, 2.05) is 19.1 Å². The second-order valence-electron chi connectivity index (χ2n) is 3.68. The van der Waals surface area contributed by atoms with E-state index >= 15 is 0 Å². The van der Waals surface area contributed by atoms with Crippen molar-refractivity contribution in [1.82, 2.24) is 0 Å². The molecule has 0 spiro atoms. The van der Waals surface area contributed by atoms with Gasteiger partial charge in [0.1, 0.15) is 5.75 Å². The Morgan fingerprint density at radius 3 is 2.35 bits per heavy atom. The molecule has 0 unspecified atom stereocenters. The molecule has 0 aliphatic rings. The zero-order chi connectivity index (χ0) is 12.3. The van der Waals surface area contributed by atoms with Gasteiger partial charge in [-0.2, -0.15) is 0 Å². The van der Waals surface area contributed by atoms with Crippen LogP contribution in [0.5, 0.6) is 5.75 Å². The molecular weight excluding hydrogens is 236 g/mol. The topological polar surface area (TPSA) is 26.3 Å². The van der Waals surface area contributed by atoms with Crippen LogP contribution in [0.1, 0.15) is 15.9 Å². The van der Waals surface area contributed by atoms with E-state index in [2.05, 4.69) is 0 Å². The van der Waals surface area contributed by atoms with Crippen molar-refractivity contribution in [2.24, 2.45) is 0 Å². The minimum absolute atomic E-state index is 0.370. The molecule has 2 aromatic carbocycles. The van der Waals surface area contributed by atoms with Crippen LogP contribution in [-0.2, 0) is 0 Å². The molecule has 0 saturated carbocycles. The van der Waals surface area contributed by atoms with E-state index in [1.165, 1.54) is 0 Å². The van der Waals surface area contributed by atoms with Crippen LogP contribution in [0.2, 0.25) is 5.02 Å². The van der Waals surface area contributed by atoms with Crippen LogP contribution in [-0.4, -0.2) is 5.97 Å². The molecule has 0 radical (unpaired) electrons. The smallest absolute Gasteiger partial charge is 0.345 e. The summed E-state index contributed by atoms with van der Waals surface area (Å²) in [7, 11) is 0. The molecule has 0 amide bonds. The number of carbonyl (C=O) groups excluding carboxylic acids is 1. The highest BCUT2D eigenvalue weighted by atomic mass is 35.5. The molecule has 0 heterocycles. The second kappa shape index (κ2) is 5.02. The van der Waals surface area contributed by atoms with Gasteiger partial charge < -0.3 is 4.74 Å². The zero-order valence-electron chi connectivity index (χ0n) is 9.31. The largest absolute Gasteiger partial charge is 0.423 e. The maximum absolute atomic E-state index is 11.8. The molecule has 2 aromatic rings. The first-order valence-corrected chi connectivity index (χ1v) is 5.58. The summed E-state index contributed by atoms with van der Waals surface area (Å²) in [6, 6.07) is 14.1.